The second-order valence-electron chi connectivity index (χ2n) is 11.1. The van der Waals surface area contributed by atoms with Gasteiger partial charge >= 0.3 is 11.9 Å². The highest BCUT2D eigenvalue weighted by molar-refractivity contribution is 5.96. The number of carbonyl (C=O) groups is 2. The van der Waals surface area contributed by atoms with Crippen LogP contribution in [0.1, 0.15) is 92.1 Å². The van der Waals surface area contributed by atoms with Crippen molar-refractivity contribution in [3.63, 3.8) is 0 Å². The van der Waals surface area contributed by atoms with Gasteiger partial charge in [-0.05, 0) is 76.1 Å². The number of benzene rings is 3. The molecule has 1 aliphatic heterocycles. The van der Waals surface area contributed by atoms with Crippen molar-refractivity contribution in [3.05, 3.63) is 95.1 Å². The quantitative estimate of drug-likeness (QED) is 0.259. The van der Waals surface area contributed by atoms with Gasteiger partial charge in [-0.25, -0.2) is 9.59 Å². The number of anilines is 2. The molecule has 0 aromatic heterocycles. The molecule has 3 aromatic carbocycles. The first-order chi connectivity index (χ1) is 18.7. The molecule has 0 amide bonds. The second-order valence-corrected chi connectivity index (χ2v) is 11.1. The van der Waals surface area contributed by atoms with Gasteiger partial charge < -0.3 is 19.7 Å². The summed E-state index contributed by atoms with van der Waals surface area (Å²) in [7, 11) is 0. The Balaban J connectivity index is 1.68. The predicted octanol–water partition coefficient (Wildman–Crippen LogP) is 7.53. The van der Waals surface area contributed by atoms with Crippen LogP contribution in [0.2, 0.25) is 0 Å². The van der Waals surface area contributed by atoms with Crippen LogP contribution in [0.15, 0.2) is 72.8 Å². The third-order valence-electron chi connectivity index (χ3n) is 6.81. The average molecular weight is 529 g/mol. The maximum absolute atomic E-state index is 13.0. The number of ether oxygens (including phenoxy) is 2. The number of rotatable bonds is 11. The van der Waals surface area contributed by atoms with Crippen molar-refractivity contribution < 1.29 is 19.1 Å². The molecule has 0 spiro atoms. The van der Waals surface area contributed by atoms with Gasteiger partial charge in [0.05, 0.1) is 11.1 Å². The Morgan fingerprint density at radius 2 is 1.51 bits per heavy atom. The standard InChI is InChI=1S/C33H40N2O4/c1-6-8-22-35(23-9-7-2)27-20-16-25(17-21-27)33(29-13-11-10-12-28(29)31(37)39-33)34-26-18-14-24(15-19-26)30(36)38-32(3,4)5/h10-21,34H,6-9,22-23H2,1-5H3. The number of hydrogen-bond donors (Lipinski definition) is 1. The van der Waals surface area contributed by atoms with Crippen LogP contribution in [0.25, 0.3) is 0 Å². The summed E-state index contributed by atoms with van der Waals surface area (Å²) in [4.78, 5) is 27.9. The lowest BCUT2D eigenvalue weighted by molar-refractivity contribution is 0.00690. The zero-order valence-corrected chi connectivity index (χ0v) is 23.8. The van der Waals surface area contributed by atoms with E-state index in [0.29, 0.717) is 16.8 Å². The number of carbonyl (C=O) groups excluding carboxylic acids is 2. The Bertz CT molecular complexity index is 1270. The Kier molecular flexibility index (Phi) is 8.63. The lowest BCUT2D eigenvalue weighted by atomic mass is 9.92. The van der Waals surface area contributed by atoms with Crippen LogP contribution in [0.4, 0.5) is 11.4 Å². The molecule has 1 atom stereocenters. The molecule has 4 rings (SSSR count). The summed E-state index contributed by atoms with van der Waals surface area (Å²) in [5, 5.41) is 3.48. The van der Waals surface area contributed by atoms with Crippen LogP contribution in [-0.2, 0) is 15.2 Å². The summed E-state index contributed by atoms with van der Waals surface area (Å²) < 4.78 is 11.6. The molecule has 0 aliphatic carbocycles. The minimum Gasteiger partial charge on any atom is -0.456 e. The lowest BCUT2D eigenvalue weighted by Gasteiger charge is -2.32. The molecular weight excluding hydrogens is 488 g/mol. The van der Waals surface area contributed by atoms with Crippen LogP contribution in [0.3, 0.4) is 0 Å². The van der Waals surface area contributed by atoms with Gasteiger partial charge in [-0.3, -0.25) is 0 Å². The van der Waals surface area contributed by atoms with Crippen molar-refractivity contribution in [1.82, 2.24) is 0 Å². The highest BCUT2D eigenvalue weighted by Gasteiger charge is 2.47. The van der Waals surface area contributed by atoms with Gasteiger partial charge in [0, 0.05) is 35.6 Å². The minimum atomic E-state index is -1.20. The smallest absolute Gasteiger partial charge is 0.341 e. The van der Waals surface area contributed by atoms with Gasteiger partial charge in [0.1, 0.15) is 5.60 Å². The van der Waals surface area contributed by atoms with E-state index in [1.807, 2.05) is 51.1 Å². The van der Waals surface area contributed by atoms with Crippen molar-refractivity contribution in [1.29, 1.82) is 0 Å². The molecule has 1 N–H and O–H groups in total. The third-order valence-corrected chi connectivity index (χ3v) is 6.81. The number of esters is 2. The molecule has 1 aliphatic rings. The summed E-state index contributed by atoms with van der Waals surface area (Å²) in [6.45, 7) is 12.0. The maximum atomic E-state index is 13.0. The van der Waals surface area contributed by atoms with Crippen LogP contribution < -0.4 is 10.2 Å². The van der Waals surface area contributed by atoms with Gasteiger partial charge in [0.25, 0.3) is 0 Å². The van der Waals surface area contributed by atoms with Crippen LogP contribution in [-0.4, -0.2) is 30.6 Å². The first kappa shape index (κ1) is 28.2. The predicted molar refractivity (Wildman–Crippen MR) is 156 cm³/mol. The van der Waals surface area contributed by atoms with E-state index < -0.39 is 11.3 Å². The highest BCUT2D eigenvalue weighted by Crippen LogP contribution is 2.43. The first-order valence-electron chi connectivity index (χ1n) is 14.0. The molecule has 3 aromatic rings. The molecule has 6 heteroatoms. The molecule has 0 bridgehead atoms. The molecule has 206 valence electrons. The summed E-state index contributed by atoms with van der Waals surface area (Å²) >= 11 is 0. The third kappa shape index (κ3) is 6.44. The van der Waals surface area contributed by atoms with E-state index in [1.165, 1.54) is 0 Å². The monoisotopic (exact) mass is 528 g/mol. The van der Waals surface area contributed by atoms with Crippen molar-refractivity contribution >= 4 is 23.3 Å². The number of hydrogen-bond acceptors (Lipinski definition) is 6. The zero-order chi connectivity index (χ0) is 28.0. The Morgan fingerprint density at radius 1 is 0.897 bits per heavy atom. The number of nitrogens with zero attached hydrogens (tertiary/aromatic N) is 1. The molecule has 6 nitrogen and oxygen atoms in total. The molecular formula is C33H40N2O4. The summed E-state index contributed by atoms with van der Waals surface area (Å²) in [6.07, 6.45) is 4.57. The molecule has 39 heavy (non-hydrogen) atoms. The average Bonchev–Trinajstić information content (AvgIpc) is 3.20. The fourth-order valence-electron chi connectivity index (χ4n) is 4.80. The van der Waals surface area contributed by atoms with Gasteiger partial charge in [-0.2, -0.15) is 0 Å². The SMILES string of the molecule is CCCCN(CCCC)c1ccc(C2(Nc3ccc(C(=O)OC(C)(C)C)cc3)OC(=O)c3ccccc32)cc1. The molecule has 1 unspecified atom stereocenters. The van der Waals surface area contributed by atoms with Crippen molar-refractivity contribution in [2.45, 2.75) is 71.6 Å². The normalized spacial score (nSPS) is 16.4. The van der Waals surface area contributed by atoms with Gasteiger partial charge in [0.2, 0.25) is 5.72 Å². The Labute approximate surface area is 232 Å². The topological polar surface area (TPSA) is 67.9 Å². The molecule has 0 saturated carbocycles. The maximum Gasteiger partial charge on any atom is 0.341 e. The van der Waals surface area contributed by atoms with Crippen LogP contribution in [0.5, 0.6) is 0 Å². The first-order valence-corrected chi connectivity index (χ1v) is 14.0. The number of unbranched alkanes of at least 4 members (excludes halogenated alkanes) is 2. The van der Waals surface area contributed by atoms with Gasteiger partial charge in [-0.15, -0.1) is 0 Å². The van der Waals surface area contributed by atoms with Crippen LogP contribution >= 0.6 is 0 Å². The van der Waals surface area contributed by atoms with E-state index in [-0.39, 0.29) is 11.9 Å². The largest absolute Gasteiger partial charge is 0.456 e. The van der Waals surface area contributed by atoms with Crippen molar-refractivity contribution in [3.8, 4) is 0 Å². The number of cyclic esters (lactones) is 1. The van der Waals surface area contributed by atoms with Gasteiger partial charge in [0.15, 0.2) is 0 Å². The van der Waals surface area contributed by atoms with E-state index >= 15 is 0 Å². The second kappa shape index (κ2) is 11.9. The van der Waals surface area contributed by atoms with E-state index in [9.17, 15) is 9.59 Å². The van der Waals surface area contributed by atoms with E-state index in [2.05, 4.69) is 36.2 Å². The van der Waals surface area contributed by atoms with E-state index in [0.717, 1.165) is 55.6 Å². The minimum absolute atomic E-state index is 0.375. The van der Waals surface area contributed by atoms with Crippen molar-refractivity contribution in [2.24, 2.45) is 0 Å². The summed E-state index contributed by atoms with van der Waals surface area (Å²) in [5.41, 5.74) is 2.67. The fraction of sp³-hybridized carbons (Fsp3) is 0.394. The highest BCUT2D eigenvalue weighted by atomic mass is 16.6. The molecule has 0 saturated heterocycles. The van der Waals surface area contributed by atoms with Crippen LogP contribution in [0, 0.1) is 0 Å². The van der Waals surface area contributed by atoms with E-state index in [1.54, 1.807) is 30.3 Å². The van der Waals surface area contributed by atoms with E-state index in [4.69, 9.17) is 9.47 Å². The zero-order valence-electron chi connectivity index (χ0n) is 23.8. The van der Waals surface area contributed by atoms with Crippen molar-refractivity contribution in [2.75, 3.05) is 23.3 Å². The number of fused-ring (bicyclic) bond motifs is 1. The Morgan fingerprint density at radius 3 is 2.10 bits per heavy atom. The lowest BCUT2D eigenvalue weighted by Crippen LogP contribution is -2.37. The molecule has 0 fully saturated rings. The number of nitrogens with one attached hydrogen (secondary N) is 1. The van der Waals surface area contributed by atoms with Gasteiger partial charge in [-0.1, -0.05) is 57.0 Å². The summed E-state index contributed by atoms with van der Waals surface area (Å²) in [6, 6.07) is 22.8. The summed E-state index contributed by atoms with van der Waals surface area (Å²) in [5.74, 6) is -0.757. The molecule has 0 radical (unpaired) electrons. The fourth-order valence-corrected chi connectivity index (χ4v) is 4.80. The molecule has 1 heterocycles. The Hall–Kier alpha value is -3.80.